The van der Waals surface area contributed by atoms with E-state index in [0.717, 1.165) is 16.9 Å². The standard InChI is InChI=1S/C15H9Cl2F3N4O2S/c16-10-2-1-3-11(7-10)23-27(25,26)13-4-5-22-24(13)14-12(17)6-9(8-21-14)15(18,19)20/h1-8,23H. The first-order valence-electron chi connectivity index (χ1n) is 7.13. The van der Waals surface area contributed by atoms with Crippen LogP contribution in [0.4, 0.5) is 18.9 Å². The zero-order valence-corrected chi connectivity index (χ0v) is 15.4. The third kappa shape index (κ3) is 4.18. The van der Waals surface area contributed by atoms with Gasteiger partial charge >= 0.3 is 6.18 Å². The highest BCUT2D eigenvalue weighted by Gasteiger charge is 2.32. The number of sulfonamides is 1. The highest BCUT2D eigenvalue weighted by atomic mass is 35.5. The van der Waals surface area contributed by atoms with Gasteiger partial charge in [0.1, 0.15) is 0 Å². The molecule has 0 aliphatic heterocycles. The molecule has 0 fully saturated rings. The Balaban J connectivity index is 2.01. The van der Waals surface area contributed by atoms with Crippen LogP contribution in [0, 0.1) is 0 Å². The fourth-order valence-electron chi connectivity index (χ4n) is 2.15. The van der Waals surface area contributed by atoms with Gasteiger partial charge < -0.3 is 0 Å². The van der Waals surface area contributed by atoms with Crippen LogP contribution in [0.2, 0.25) is 10.0 Å². The smallest absolute Gasteiger partial charge is 0.278 e. The molecule has 3 rings (SSSR count). The minimum absolute atomic E-state index is 0.196. The van der Waals surface area contributed by atoms with Gasteiger partial charge in [-0.25, -0.2) is 9.67 Å². The van der Waals surface area contributed by atoms with Crippen LogP contribution in [0.15, 0.2) is 53.8 Å². The molecular formula is C15H9Cl2F3N4O2S. The molecule has 1 N–H and O–H groups in total. The Morgan fingerprint density at radius 3 is 2.48 bits per heavy atom. The Kier molecular flexibility index (Phi) is 5.06. The molecule has 0 saturated carbocycles. The molecule has 0 aliphatic rings. The molecule has 0 atom stereocenters. The van der Waals surface area contributed by atoms with Crippen LogP contribution in [0.3, 0.4) is 0 Å². The van der Waals surface area contributed by atoms with Crippen molar-refractivity contribution in [3.8, 4) is 5.82 Å². The number of hydrogen-bond acceptors (Lipinski definition) is 4. The van der Waals surface area contributed by atoms with Crippen molar-refractivity contribution in [1.82, 2.24) is 14.8 Å². The molecule has 2 aromatic heterocycles. The molecule has 0 unspecified atom stereocenters. The lowest BCUT2D eigenvalue weighted by molar-refractivity contribution is -0.137. The molecule has 3 aromatic rings. The SMILES string of the molecule is O=S(=O)(Nc1cccc(Cl)c1)c1ccnn1-c1ncc(C(F)(F)F)cc1Cl. The maximum atomic E-state index is 12.7. The van der Waals surface area contributed by atoms with E-state index in [1.165, 1.54) is 12.1 Å². The minimum atomic E-state index is -4.64. The monoisotopic (exact) mass is 436 g/mol. The van der Waals surface area contributed by atoms with E-state index in [0.29, 0.717) is 17.3 Å². The van der Waals surface area contributed by atoms with Crippen LogP contribution in [0.5, 0.6) is 0 Å². The highest BCUT2D eigenvalue weighted by Crippen LogP contribution is 2.32. The number of nitrogens with zero attached hydrogens (tertiary/aromatic N) is 3. The number of benzene rings is 1. The van der Waals surface area contributed by atoms with Crippen molar-refractivity contribution in [3.63, 3.8) is 0 Å². The molecular weight excluding hydrogens is 428 g/mol. The van der Waals surface area contributed by atoms with Gasteiger partial charge in [-0.05, 0) is 30.3 Å². The summed E-state index contributed by atoms with van der Waals surface area (Å²) in [5, 5.41) is 3.35. The number of halogens is 5. The number of pyridine rings is 1. The first-order chi connectivity index (χ1) is 12.6. The van der Waals surface area contributed by atoms with E-state index in [-0.39, 0.29) is 16.5 Å². The van der Waals surface area contributed by atoms with Crippen LogP contribution in [0.1, 0.15) is 5.56 Å². The zero-order valence-electron chi connectivity index (χ0n) is 13.1. The van der Waals surface area contributed by atoms with Gasteiger partial charge in [-0.3, -0.25) is 4.72 Å². The quantitative estimate of drug-likeness (QED) is 0.657. The highest BCUT2D eigenvalue weighted by molar-refractivity contribution is 7.92. The maximum absolute atomic E-state index is 12.7. The van der Waals surface area contributed by atoms with E-state index in [4.69, 9.17) is 23.2 Å². The Morgan fingerprint density at radius 1 is 1.11 bits per heavy atom. The molecule has 12 heteroatoms. The molecule has 0 aliphatic carbocycles. The summed E-state index contributed by atoms with van der Waals surface area (Å²) >= 11 is 11.7. The third-order valence-corrected chi connectivity index (χ3v) is 5.19. The van der Waals surface area contributed by atoms with Crippen molar-refractivity contribution < 1.29 is 21.6 Å². The van der Waals surface area contributed by atoms with Crippen LogP contribution in [-0.2, 0) is 16.2 Å². The molecule has 0 saturated heterocycles. The molecule has 6 nitrogen and oxygen atoms in total. The summed E-state index contributed by atoms with van der Waals surface area (Å²) in [6.45, 7) is 0. The summed E-state index contributed by atoms with van der Waals surface area (Å²) in [7, 11) is -4.15. The van der Waals surface area contributed by atoms with Gasteiger partial charge in [-0.1, -0.05) is 29.3 Å². The summed E-state index contributed by atoms with van der Waals surface area (Å²) in [5.74, 6) is -0.263. The van der Waals surface area contributed by atoms with Gasteiger partial charge in [0.2, 0.25) is 0 Å². The van der Waals surface area contributed by atoms with E-state index in [1.54, 1.807) is 12.1 Å². The number of hydrogen-bond donors (Lipinski definition) is 1. The molecule has 142 valence electrons. The largest absolute Gasteiger partial charge is 0.417 e. The summed E-state index contributed by atoms with van der Waals surface area (Å²) < 4.78 is 66.7. The van der Waals surface area contributed by atoms with Crippen molar-refractivity contribution in [2.24, 2.45) is 0 Å². The third-order valence-electron chi connectivity index (χ3n) is 3.31. The first kappa shape index (κ1) is 19.5. The topological polar surface area (TPSA) is 76.9 Å². The lowest BCUT2D eigenvalue weighted by Gasteiger charge is -2.12. The first-order valence-corrected chi connectivity index (χ1v) is 9.37. The van der Waals surface area contributed by atoms with E-state index in [1.807, 2.05) is 0 Å². The summed E-state index contributed by atoms with van der Waals surface area (Å²) in [5.41, 5.74) is -0.869. The molecule has 0 spiro atoms. The number of nitrogens with one attached hydrogen (secondary N) is 1. The Labute approximate surface area is 161 Å². The zero-order chi connectivity index (χ0) is 19.8. The molecule has 27 heavy (non-hydrogen) atoms. The van der Waals surface area contributed by atoms with Gasteiger partial charge in [0.25, 0.3) is 10.0 Å². The van der Waals surface area contributed by atoms with Crippen molar-refractivity contribution in [3.05, 3.63) is 64.4 Å². The Bertz CT molecular complexity index is 1100. The van der Waals surface area contributed by atoms with Crippen molar-refractivity contribution in [1.29, 1.82) is 0 Å². The van der Waals surface area contributed by atoms with Crippen molar-refractivity contribution in [2.45, 2.75) is 11.2 Å². The predicted octanol–water partition coefficient (Wildman–Crippen LogP) is 4.39. The van der Waals surface area contributed by atoms with Gasteiger partial charge in [0, 0.05) is 11.2 Å². The van der Waals surface area contributed by atoms with E-state index >= 15 is 0 Å². The van der Waals surface area contributed by atoms with Gasteiger partial charge in [-0.2, -0.15) is 26.7 Å². The van der Waals surface area contributed by atoms with E-state index in [9.17, 15) is 21.6 Å². The molecule has 2 heterocycles. The molecule has 0 radical (unpaired) electrons. The maximum Gasteiger partial charge on any atom is 0.417 e. The van der Waals surface area contributed by atoms with E-state index in [2.05, 4.69) is 14.8 Å². The summed E-state index contributed by atoms with van der Waals surface area (Å²) in [6, 6.07) is 7.78. The fourth-order valence-corrected chi connectivity index (χ4v) is 3.73. The number of anilines is 1. The normalized spacial score (nSPS) is 12.2. The average Bonchev–Trinajstić information content (AvgIpc) is 3.04. The molecule has 0 bridgehead atoms. The number of alkyl halides is 3. The molecule has 0 amide bonds. The second-order valence-electron chi connectivity index (χ2n) is 5.22. The van der Waals surface area contributed by atoms with Crippen LogP contribution in [0.25, 0.3) is 5.82 Å². The van der Waals surface area contributed by atoms with E-state index < -0.39 is 26.8 Å². The van der Waals surface area contributed by atoms with Crippen molar-refractivity contribution in [2.75, 3.05) is 4.72 Å². The second kappa shape index (κ2) is 7.02. The van der Waals surface area contributed by atoms with Crippen LogP contribution < -0.4 is 4.72 Å². The predicted molar refractivity (Wildman–Crippen MR) is 93.6 cm³/mol. The van der Waals surface area contributed by atoms with Crippen LogP contribution >= 0.6 is 23.2 Å². The summed E-state index contributed by atoms with van der Waals surface area (Å²) in [4.78, 5) is 3.62. The molecule has 1 aromatic carbocycles. The number of rotatable bonds is 4. The Morgan fingerprint density at radius 2 is 1.85 bits per heavy atom. The van der Waals surface area contributed by atoms with Crippen LogP contribution in [-0.4, -0.2) is 23.2 Å². The summed E-state index contributed by atoms with van der Waals surface area (Å²) in [6.07, 6.45) is -2.94. The fraction of sp³-hybridized carbons (Fsp3) is 0.0667. The van der Waals surface area contributed by atoms with Gasteiger partial charge in [-0.15, -0.1) is 0 Å². The number of aromatic nitrogens is 3. The lowest BCUT2D eigenvalue weighted by Crippen LogP contribution is -2.18. The van der Waals surface area contributed by atoms with Gasteiger partial charge in [0.15, 0.2) is 10.8 Å². The minimum Gasteiger partial charge on any atom is -0.278 e. The van der Waals surface area contributed by atoms with Crippen molar-refractivity contribution >= 4 is 38.9 Å². The average molecular weight is 437 g/mol. The Hall–Kier alpha value is -2.30. The van der Waals surface area contributed by atoms with Gasteiger partial charge in [0.05, 0.1) is 22.5 Å². The lowest BCUT2D eigenvalue weighted by atomic mass is 10.3. The second-order valence-corrected chi connectivity index (χ2v) is 7.70.